The first kappa shape index (κ1) is 10.9. The lowest BCUT2D eigenvalue weighted by molar-refractivity contribution is -0.175. The molecule has 0 radical (unpaired) electrons. The first-order chi connectivity index (χ1) is 7.22. The molecule has 1 atom stereocenters. The Hall–Kier alpha value is -0.610. The van der Waals surface area contributed by atoms with Gasteiger partial charge in [-0.25, -0.2) is 5.06 Å². The third-order valence-corrected chi connectivity index (χ3v) is 3.45. The Kier molecular flexibility index (Phi) is 3.26. The maximum atomic E-state index is 11.9. The number of rotatable bonds is 3. The van der Waals surface area contributed by atoms with Gasteiger partial charge in [0, 0.05) is 19.6 Å². The molecule has 1 unspecified atom stereocenters. The van der Waals surface area contributed by atoms with Crippen LogP contribution in [0.15, 0.2) is 0 Å². The van der Waals surface area contributed by atoms with Gasteiger partial charge in [-0.3, -0.25) is 14.5 Å². The fourth-order valence-corrected chi connectivity index (χ4v) is 2.33. The van der Waals surface area contributed by atoms with Gasteiger partial charge in [-0.15, -0.1) is 0 Å². The predicted molar refractivity (Wildman–Crippen MR) is 57.1 cm³/mol. The van der Waals surface area contributed by atoms with E-state index in [4.69, 9.17) is 4.84 Å². The standard InChI is InChI=1S/C11H20N2O2/c1-12(15-2)11(14)9-4-3-7-13(8-9)10-5-6-10/h9-10H,3-8H2,1-2H3. The first-order valence-electron chi connectivity index (χ1n) is 5.78. The minimum atomic E-state index is 0.128. The number of likely N-dealkylation sites (tertiary alicyclic amines) is 1. The van der Waals surface area contributed by atoms with Gasteiger partial charge in [0.2, 0.25) is 5.91 Å². The maximum absolute atomic E-state index is 11.9. The molecule has 0 bridgehead atoms. The highest BCUT2D eigenvalue weighted by atomic mass is 16.7. The Morgan fingerprint density at radius 3 is 2.73 bits per heavy atom. The van der Waals surface area contributed by atoms with Crippen LogP contribution < -0.4 is 0 Å². The molecule has 86 valence electrons. The summed E-state index contributed by atoms with van der Waals surface area (Å²) < 4.78 is 0. The van der Waals surface area contributed by atoms with Crippen LogP contribution in [0.3, 0.4) is 0 Å². The summed E-state index contributed by atoms with van der Waals surface area (Å²) in [6.45, 7) is 2.10. The normalized spacial score (nSPS) is 27.7. The van der Waals surface area contributed by atoms with E-state index in [2.05, 4.69) is 4.90 Å². The van der Waals surface area contributed by atoms with Crippen LogP contribution in [0, 0.1) is 5.92 Å². The largest absolute Gasteiger partial charge is 0.300 e. The van der Waals surface area contributed by atoms with Crippen molar-refractivity contribution in [2.75, 3.05) is 27.2 Å². The topological polar surface area (TPSA) is 32.8 Å². The van der Waals surface area contributed by atoms with Crippen LogP contribution in [0.1, 0.15) is 25.7 Å². The summed E-state index contributed by atoms with van der Waals surface area (Å²) in [6.07, 6.45) is 4.79. The van der Waals surface area contributed by atoms with E-state index in [9.17, 15) is 4.79 Å². The van der Waals surface area contributed by atoms with Gasteiger partial charge in [0.1, 0.15) is 0 Å². The van der Waals surface area contributed by atoms with Gasteiger partial charge in [0.05, 0.1) is 13.0 Å². The molecule has 1 saturated heterocycles. The lowest BCUT2D eigenvalue weighted by Crippen LogP contribution is -2.44. The van der Waals surface area contributed by atoms with Crippen molar-refractivity contribution in [2.45, 2.75) is 31.7 Å². The lowest BCUT2D eigenvalue weighted by atomic mass is 9.97. The van der Waals surface area contributed by atoms with Crippen LogP contribution in [-0.2, 0) is 9.63 Å². The quantitative estimate of drug-likeness (QED) is 0.651. The smallest absolute Gasteiger partial charge is 0.250 e. The monoisotopic (exact) mass is 212 g/mol. The van der Waals surface area contributed by atoms with Crippen LogP contribution in [0.2, 0.25) is 0 Å². The molecule has 4 nitrogen and oxygen atoms in total. The molecule has 0 spiro atoms. The Bertz CT molecular complexity index is 241. The third-order valence-electron chi connectivity index (χ3n) is 3.45. The highest BCUT2D eigenvalue weighted by molar-refractivity contribution is 5.77. The zero-order valence-electron chi connectivity index (χ0n) is 9.61. The van der Waals surface area contributed by atoms with Crippen molar-refractivity contribution in [3.8, 4) is 0 Å². The van der Waals surface area contributed by atoms with Gasteiger partial charge < -0.3 is 0 Å². The number of hydrogen-bond donors (Lipinski definition) is 0. The maximum Gasteiger partial charge on any atom is 0.250 e. The molecule has 2 rings (SSSR count). The molecule has 0 aromatic heterocycles. The van der Waals surface area contributed by atoms with Crippen molar-refractivity contribution in [1.29, 1.82) is 0 Å². The van der Waals surface area contributed by atoms with Crippen LogP contribution >= 0.6 is 0 Å². The number of hydrogen-bond acceptors (Lipinski definition) is 3. The molecule has 1 aliphatic carbocycles. The summed E-state index contributed by atoms with van der Waals surface area (Å²) in [5.41, 5.74) is 0. The third kappa shape index (κ3) is 2.49. The first-order valence-corrected chi connectivity index (χ1v) is 5.78. The summed E-state index contributed by atoms with van der Waals surface area (Å²) in [5.74, 6) is 0.271. The summed E-state index contributed by atoms with van der Waals surface area (Å²) in [4.78, 5) is 19.3. The molecular formula is C11H20N2O2. The Balaban J connectivity index is 1.88. The summed E-state index contributed by atoms with van der Waals surface area (Å²) in [6, 6.07) is 0.772. The zero-order valence-corrected chi connectivity index (χ0v) is 9.61. The van der Waals surface area contributed by atoms with E-state index < -0.39 is 0 Å². The number of nitrogens with zero attached hydrogens (tertiary/aromatic N) is 2. The van der Waals surface area contributed by atoms with E-state index in [-0.39, 0.29) is 11.8 Å². The van der Waals surface area contributed by atoms with Crippen LogP contribution in [0.4, 0.5) is 0 Å². The Morgan fingerprint density at radius 2 is 2.13 bits per heavy atom. The van der Waals surface area contributed by atoms with E-state index in [1.54, 1.807) is 14.2 Å². The average Bonchev–Trinajstić information content (AvgIpc) is 3.11. The molecule has 0 aromatic rings. The second-order valence-corrected chi connectivity index (χ2v) is 4.58. The SMILES string of the molecule is CON(C)C(=O)C1CCCN(C2CC2)C1. The fourth-order valence-electron chi connectivity index (χ4n) is 2.33. The van der Waals surface area contributed by atoms with E-state index in [1.165, 1.54) is 24.4 Å². The summed E-state index contributed by atoms with van der Waals surface area (Å²) in [7, 11) is 3.23. The molecule has 0 aromatic carbocycles. The van der Waals surface area contributed by atoms with Crippen molar-refractivity contribution < 1.29 is 9.63 Å². The van der Waals surface area contributed by atoms with Crippen molar-refractivity contribution in [2.24, 2.45) is 5.92 Å². The second-order valence-electron chi connectivity index (χ2n) is 4.58. The van der Waals surface area contributed by atoms with E-state index in [1.807, 2.05) is 0 Å². The van der Waals surface area contributed by atoms with Gasteiger partial charge in [-0.05, 0) is 32.2 Å². The van der Waals surface area contributed by atoms with Gasteiger partial charge >= 0.3 is 0 Å². The molecule has 4 heteroatoms. The minimum Gasteiger partial charge on any atom is -0.300 e. The van der Waals surface area contributed by atoms with Crippen molar-refractivity contribution in [3.05, 3.63) is 0 Å². The minimum absolute atomic E-state index is 0.128. The van der Waals surface area contributed by atoms with Crippen LogP contribution in [0.5, 0.6) is 0 Å². The predicted octanol–water partition coefficient (Wildman–Crippen LogP) is 0.881. The van der Waals surface area contributed by atoms with Gasteiger partial charge in [-0.2, -0.15) is 0 Å². The summed E-state index contributed by atoms with van der Waals surface area (Å²) in [5, 5.41) is 1.36. The van der Waals surface area contributed by atoms with E-state index in [0.717, 1.165) is 25.4 Å². The zero-order chi connectivity index (χ0) is 10.8. The van der Waals surface area contributed by atoms with E-state index >= 15 is 0 Å². The van der Waals surface area contributed by atoms with Gasteiger partial charge in [0.15, 0.2) is 0 Å². The van der Waals surface area contributed by atoms with Crippen molar-refractivity contribution in [3.63, 3.8) is 0 Å². The molecule has 1 aliphatic heterocycles. The van der Waals surface area contributed by atoms with Crippen molar-refractivity contribution in [1.82, 2.24) is 9.96 Å². The molecule has 0 N–H and O–H groups in total. The fraction of sp³-hybridized carbons (Fsp3) is 0.909. The Labute approximate surface area is 91.1 Å². The highest BCUT2D eigenvalue weighted by Gasteiger charge is 2.35. The number of carbonyl (C=O) groups is 1. The number of hydroxylamine groups is 2. The molecule has 1 amide bonds. The van der Waals surface area contributed by atoms with Gasteiger partial charge in [0.25, 0.3) is 0 Å². The molecule has 2 fully saturated rings. The van der Waals surface area contributed by atoms with Crippen molar-refractivity contribution >= 4 is 5.91 Å². The Morgan fingerprint density at radius 1 is 1.40 bits per heavy atom. The molecule has 1 heterocycles. The molecule has 2 aliphatic rings. The van der Waals surface area contributed by atoms with Crippen LogP contribution in [-0.4, -0.2) is 49.2 Å². The van der Waals surface area contributed by atoms with Gasteiger partial charge in [-0.1, -0.05) is 0 Å². The molecule has 15 heavy (non-hydrogen) atoms. The lowest BCUT2D eigenvalue weighted by Gasteiger charge is -2.33. The number of amides is 1. The number of piperidine rings is 1. The second kappa shape index (κ2) is 4.49. The van der Waals surface area contributed by atoms with Crippen LogP contribution in [0.25, 0.3) is 0 Å². The highest BCUT2D eigenvalue weighted by Crippen LogP contribution is 2.31. The summed E-state index contributed by atoms with van der Waals surface area (Å²) >= 11 is 0. The number of carbonyl (C=O) groups excluding carboxylic acids is 1. The van der Waals surface area contributed by atoms with E-state index in [0.29, 0.717) is 0 Å². The molecule has 1 saturated carbocycles. The average molecular weight is 212 g/mol. The molecular weight excluding hydrogens is 192 g/mol.